The van der Waals surface area contributed by atoms with E-state index in [0.29, 0.717) is 29.8 Å². The third kappa shape index (κ3) is 4.62. The van der Waals surface area contributed by atoms with Crippen LogP contribution in [0.2, 0.25) is 0 Å². The standard InChI is InChI=1S/C21H23F2NO3/c1-13(5-2-9-19(25)26)20-17(22)11-14(12-18(20)23)16-8-4-10-24-21(16)27-15-6-3-7-15/h4,8,10-13,15H,2-3,5-7,9H2,1H3,(H,25,26). The van der Waals surface area contributed by atoms with Crippen LogP contribution in [0.5, 0.6) is 5.88 Å². The van der Waals surface area contributed by atoms with Gasteiger partial charge in [-0.1, -0.05) is 6.92 Å². The number of benzene rings is 1. The molecule has 1 saturated carbocycles. The van der Waals surface area contributed by atoms with Crippen molar-refractivity contribution in [3.63, 3.8) is 0 Å². The van der Waals surface area contributed by atoms with E-state index in [-0.39, 0.29) is 18.1 Å². The number of halogens is 2. The van der Waals surface area contributed by atoms with Crippen LogP contribution in [0.1, 0.15) is 56.9 Å². The molecule has 144 valence electrons. The molecule has 0 bridgehead atoms. The Morgan fingerprint density at radius 3 is 2.63 bits per heavy atom. The number of ether oxygens (including phenoxy) is 1. The van der Waals surface area contributed by atoms with Gasteiger partial charge in [-0.15, -0.1) is 0 Å². The lowest BCUT2D eigenvalue weighted by Gasteiger charge is -2.26. The van der Waals surface area contributed by atoms with Crippen LogP contribution in [0.25, 0.3) is 11.1 Å². The van der Waals surface area contributed by atoms with Crippen LogP contribution in [0, 0.1) is 11.6 Å². The molecular weight excluding hydrogens is 352 g/mol. The number of pyridine rings is 1. The molecule has 1 aliphatic carbocycles. The number of hydrogen-bond donors (Lipinski definition) is 1. The van der Waals surface area contributed by atoms with Gasteiger partial charge in [-0.3, -0.25) is 4.79 Å². The van der Waals surface area contributed by atoms with Gasteiger partial charge in [-0.25, -0.2) is 13.8 Å². The maximum Gasteiger partial charge on any atom is 0.303 e. The highest BCUT2D eigenvalue weighted by molar-refractivity contribution is 5.69. The summed E-state index contributed by atoms with van der Waals surface area (Å²) in [7, 11) is 0. The fourth-order valence-corrected chi connectivity index (χ4v) is 3.27. The average Bonchev–Trinajstić information content (AvgIpc) is 2.57. The monoisotopic (exact) mass is 375 g/mol. The van der Waals surface area contributed by atoms with Crippen molar-refractivity contribution in [1.82, 2.24) is 4.98 Å². The second kappa shape index (κ2) is 8.46. The van der Waals surface area contributed by atoms with Gasteiger partial charge in [-0.2, -0.15) is 0 Å². The quantitative estimate of drug-likeness (QED) is 0.679. The number of carbonyl (C=O) groups is 1. The Kier molecular flexibility index (Phi) is 6.04. The van der Waals surface area contributed by atoms with Gasteiger partial charge in [0.05, 0.1) is 0 Å². The predicted octanol–water partition coefficient (Wildman–Crippen LogP) is 5.32. The molecule has 0 aliphatic heterocycles. The molecule has 1 aromatic carbocycles. The molecule has 1 unspecified atom stereocenters. The fraction of sp³-hybridized carbons (Fsp3) is 0.429. The molecule has 0 spiro atoms. The summed E-state index contributed by atoms with van der Waals surface area (Å²) < 4.78 is 35.2. The van der Waals surface area contributed by atoms with Gasteiger partial charge in [0.15, 0.2) is 0 Å². The van der Waals surface area contributed by atoms with Gasteiger partial charge in [0, 0.05) is 23.7 Å². The lowest BCUT2D eigenvalue weighted by Crippen LogP contribution is -2.25. The Bertz CT molecular complexity index is 798. The van der Waals surface area contributed by atoms with E-state index in [9.17, 15) is 13.6 Å². The average molecular weight is 375 g/mol. The molecule has 2 aromatic rings. The Morgan fingerprint density at radius 2 is 2.04 bits per heavy atom. The summed E-state index contributed by atoms with van der Waals surface area (Å²) in [6, 6.07) is 6.06. The Labute approximate surface area is 157 Å². The molecule has 27 heavy (non-hydrogen) atoms. The number of aromatic nitrogens is 1. The Morgan fingerprint density at radius 1 is 1.33 bits per heavy atom. The van der Waals surface area contributed by atoms with Gasteiger partial charge < -0.3 is 9.84 Å². The SMILES string of the molecule is CC(CCCC(=O)O)c1c(F)cc(-c2cccnc2OC2CCC2)cc1F. The van der Waals surface area contributed by atoms with Crippen molar-refractivity contribution in [2.24, 2.45) is 0 Å². The zero-order chi connectivity index (χ0) is 19.4. The number of rotatable bonds is 8. The molecule has 1 aliphatic rings. The van der Waals surface area contributed by atoms with Crippen molar-refractivity contribution >= 4 is 5.97 Å². The molecule has 1 atom stereocenters. The molecule has 1 aromatic heterocycles. The molecule has 0 amide bonds. The van der Waals surface area contributed by atoms with Gasteiger partial charge in [0.1, 0.15) is 17.7 Å². The van der Waals surface area contributed by atoms with Crippen LogP contribution >= 0.6 is 0 Å². The highest BCUT2D eigenvalue weighted by Crippen LogP contribution is 2.35. The van der Waals surface area contributed by atoms with E-state index in [4.69, 9.17) is 9.84 Å². The summed E-state index contributed by atoms with van der Waals surface area (Å²) >= 11 is 0. The second-order valence-corrected chi connectivity index (χ2v) is 7.07. The van der Waals surface area contributed by atoms with E-state index in [1.165, 1.54) is 12.1 Å². The summed E-state index contributed by atoms with van der Waals surface area (Å²) in [5.41, 5.74) is 0.940. The third-order valence-electron chi connectivity index (χ3n) is 5.01. The van der Waals surface area contributed by atoms with E-state index in [1.54, 1.807) is 25.3 Å². The zero-order valence-corrected chi connectivity index (χ0v) is 15.3. The summed E-state index contributed by atoms with van der Waals surface area (Å²) in [5, 5.41) is 8.71. The van der Waals surface area contributed by atoms with E-state index >= 15 is 0 Å². The minimum Gasteiger partial charge on any atom is -0.481 e. The van der Waals surface area contributed by atoms with Crippen molar-refractivity contribution in [1.29, 1.82) is 0 Å². The summed E-state index contributed by atoms with van der Waals surface area (Å²) in [6.07, 6.45) is 5.53. The molecule has 1 fully saturated rings. The Hall–Kier alpha value is -2.50. The van der Waals surface area contributed by atoms with Crippen LogP contribution in [0.4, 0.5) is 8.78 Å². The van der Waals surface area contributed by atoms with Gasteiger partial charge in [0.2, 0.25) is 5.88 Å². The number of carboxylic acid groups (broad SMARTS) is 1. The summed E-state index contributed by atoms with van der Waals surface area (Å²) in [6.45, 7) is 1.71. The van der Waals surface area contributed by atoms with Crippen molar-refractivity contribution in [3.05, 3.63) is 47.7 Å². The van der Waals surface area contributed by atoms with E-state index in [1.807, 2.05) is 0 Å². The maximum absolute atomic E-state index is 14.7. The highest BCUT2D eigenvalue weighted by Gasteiger charge is 2.23. The van der Waals surface area contributed by atoms with Crippen LogP contribution < -0.4 is 4.74 Å². The van der Waals surface area contributed by atoms with Gasteiger partial charge in [-0.05, 0) is 67.9 Å². The molecule has 6 heteroatoms. The zero-order valence-electron chi connectivity index (χ0n) is 15.3. The Balaban J connectivity index is 1.83. The van der Waals surface area contributed by atoms with Crippen LogP contribution in [0.15, 0.2) is 30.5 Å². The second-order valence-electron chi connectivity index (χ2n) is 7.07. The minimum atomic E-state index is -0.908. The first-order valence-corrected chi connectivity index (χ1v) is 9.28. The molecule has 0 saturated heterocycles. The van der Waals surface area contributed by atoms with Crippen LogP contribution in [-0.2, 0) is 4.79 Å². The van der Waals surface area contributed by atoms with Crippen molar-refractivity contribution in [3.8, 4) is 17.0 Å². The van der Waals surface area contributed by atoms with Crippen LogP contribution in [-0.4, -0.2) is 22.2 Å². The first kappa shape index (κ1) is 19.3. The van der Waals surface area contributed by atoms with E-state index in [0.717, 1.165) is 19.3 Å². The topological polar surface area (TPSA) is 59.4 Å². The van der Waals surface area contributed by atoms with Crippen molar-refractivity contribution < 1.29 is 23.4 Å². The van der Waals surface area contributed by atoms with Crippen molar-refractivity contribution in [2.45, 2.75) is 57.5 Å². The maximum atomic E-state index is 14.7. The summed E-state index contributed by atoms with van der Waals surface area (Å²) in [5.74, 6) is -2.19. The molecular formula is C21H23F2NO3. The lowest BCUT2D eigenvalue weighted by atomic mass is 9.92. The normalized spacial score (nSPS) is 15.2. The van der Waals surface area contributed by atoms with Gasteiger partial charge >= 0.3 is 5.97 Å². The molecule has 1 N–H and O–H groups in total. The van der Waals surface area contributed by atoms with E-state index < -0.39 is 23.5 Å². The van der Waals surface area contributed by atoms with E-state index in [2.05, 4.69) is 4.98 Å². The molecule has 3 rings (SSSR count). The molecule has 1 heterocycles. The first-order valence-electron chi connectivity index (χ1n) is 9.28. The van der Waals surface area contributed by atoms with Crippen LogP contribution in [0.3, 0.4) is 0 Å². The number of aliphatic carboxylic acids is 1. The predicted molar refractivity (Wildman–Crippen MR) is 97.8 cm³/mol. The van der Waals surface area contributed by atoms with Crippen molar-refractivity contribution in [2.75, 3.05) is 0 Å². The molecule has 4 nitrogen and oxygen atoms in total. The number of hydrogen-bond acceptors (Lipinski definition) is 3. The number of carboxylic acids is 1. The lowest BCUT2D eigenvalue weighted by molar-refractivity contribution is -0.137. The largest absolute Gasteiger partial charge is 0.481 e. The fourth-order valence-electron chi connectivity index (χ4n) is 3.27. The first-order chi connectivity index (χ1) is 13.0. The highest BCUT2D eigenvalue weighted by atomic mass is 19.1. The van der Waals surface area contributed by atoms with Gasteiger partial charge in [0.25, 0.3) is 0 Å². The molecule has 0 radical (unpaired) electrons. The number of nitrogens with zero attached hydrogens (tertiary/aromatic N) is 1. The minimum absolute atomic E-state index is 0.00510. The third-order valence-corrected chi connectivity index (χ3v) is 5.01. The summed E-state index contributed by atoms with van der Waals surface area (Å²) in [4.78, 5) is 14.8. The smallest absolute Gasteiger partial charge is 0.303 e.